The Balaban J connectivity index is 3.51. The van der Waals surface area contributed by atoms with Crippen LogP contribution in [0, 0.1) is 5.92 Å². The molecule has 0 aliphatic carbocycles. The number of nitrogens with zero attached hydrogens (tertiary/aromatic N) is 1. The summed E-state index contributed by atoms with van der Waals surface area (Å²) in [5.74, 6) is 0.180. The van der Waals surface area contributed by atoms with Crippen LogP contribution in [0.5, 0.6) is 0 Å². The molecule has 0 N–H and O–H groups in total. The molecule has 2 nitrogen and oxygen atoms in total. The van der Waals surface area contributed by atoms with Gasteiger partial charge in [0.1, 0.15) is 6.29 Å². The van der Waals surface area contributed by atoms with E-state index in [0.29, 0.717) is 0 Å². The predicted octanol–water partition coefficient (Wildman–Crippen LogP) is 1.16. The fourth-order valence-electron chi connectivity index (χ4n) is 0.932. The van der Waals surface area contributed by atoms with E-state index in [1.54, 1.807) is 0 Å². The summed E-state index contributed by atoms with van der Waals surface area (Å²) in [5, 5.41) is 0. The molecule has 0 bridgehead atoms. The van der Waals surface area contributed by atoms with Crippen LogP contribution >= 0.6 is 0 Å². The van der Waals surface area contributed by atoms with Gasteiger partial charge in [-0.05, 0) is 13.1 Å². The van der Waals surface area contributed by atoms with Crippen LogP contribution in [0.1, 0.15) is 20.8 Å². The maximum atomic E-state index is 10.2. The lowest BCUT2D eigenvalue weighted by Crippen LogP contribution is -2.28. The van der Waals surface area contributed by atoms with Crippen molar-refractivity contribution in [1.82, 2.24) is 4.90 Å². The van der Waals surface area contributed by atoms with Crippen LogP contribution in [0.15, 0.2) is 0 Å². The van der Waals surface area contributed by atoms with Crippen LogP contribution in [0.25, 0.3) is 0 Å². The molecule has 0 aromatic carbocycles. The summed E-state index contributed by atoms with van der Waals surface area (Å²) in [5.41, 5.74) is 0. The largest absolute Gasteiger partial charge is 0.303 e. The molecule has 1 atom stereocenters. The molecular weight excluding hydrogens is 126 g/mol. The number of aldehydes is 1. The molecule has 0 radical (unpaired) electrons. The van der Waals surface area contributed by atoms with Crippen LogP contribution in [0.4, 0.5) is 0 Å². The predicted molar refractivity (Wildman–Crippen MR) is 43.0 cm³/mol. The Morgan fingerprint density at radius 1 is 1.40 bits per heavy atom. The second kappa shape index (κ2) is 5.42. The minimum atomic E-state index is 0.180. The second-order valence-electron chi connectivity index (χ2n) is 2.60. The smallest absolute Gasteiger partial charge is 0.124 e. The highest BCUT2D eigenvalue weighted by atomic mass is 16.1. The molecule has 60 valence electrons. The number of rotatable bonds is 5. The third kappa shape index (κ3) is 3.62. The first-order chi connectivity index (χ1) is 4.74. The van der Waals surface area contributed by atoms with E-state index in [0.717, 1.165) is 25.9 Å². The Kier molecular flexibility index (Phi) is 5.22. The number of carbonyl (C=O) groups excluding carboxylic acids is 1. The number of carbonyl (C=O) groups is 1. The van der Waals surface area contributed by atoms with Gasteiger partial charge >= 0.3 is 0 Å². The van der Waals surface area contributed by atoms with Crippen LogP contribution in [-0.2, 0) is 4.79 Å². The van der Waals surface area contributed by atoms with Gasteiger partial charge in [-0.1, -0.05) is 20.8 Å². The molecular formula is C8H17NO. The fraction of sp³-hybridized carbons (Fsp3) is 0.875. The van der Waals surface area contributed by atoms with Crippen molar-refractivity contribution in [3.8, 4) is 0 Å². The normalized spacial score (nSPS) is 13.6. The lowest BCUT2D eigenvalue weighted by Gasteiger charge is -2.19. The minimum absolute atomic E-state index is 0.180. The number of hydrogen-bond donors (Lipinski definition) is 0. The maximum absolute atomic E-state index is 10.2. The van der Waals surface area contributed by atoms with Crippen molar-refractivity contribution in [1.29, 1.82) is 0 Å². The molecule has 0 spiro atoms. The molecule has 0 rings (SSSR count). The molecule has 2 heteroatoms. The average Bonchev–Trinajstić information content (AvgIpc) is 1.99. The summed E-state index contributed by atoms with van der Waals surface area (Å²) in [7, 11) is 0. The molecule has 1 unspecified atom stereocenters. The highest BCUT2D eigenvalue weighted by molar-refractivity contribution is 5.52. The first-order valence-corrected chi connectivity index (χ1v) is 3.92. The van der Waals surface area contributed by atoms with Crippen molar-refractivity contribution in [3.63, 3.8) is 0 Å². The van der Waals surface area contributed by atoms with Crippen LogP contribution in [0.3, 0.4) is 0 Å². The van der Waals surface area contributed by atoms with E-state index in [9.17, 15) is 4.79 Å². The van der Waals surface area contributed by atoms with Crippen molar-refractivity contribution >= 4 is 6.29 Å². The van der Waals surface area contributed by atoms with Crippen molar-refractivity contribution in [2.45, 2.75) is 20.8 Å². The third-order valence-corrected chi connectivity index (χ3v) is 1.67. The summed E-state index contributed by atoms with van der Waals surface area (Å²) < 4.78 is 0. The van der Waals surface area contributed by atoms with Gasteiger partial charge in [-0.15, -0.1) is 0 Å². The van der Waals surface area contributed by atoms with Gasteiger partial charge < -0.3 is 9.69 Å². The van der Waals surface area contributed by atoms with E-state index in [-0.39, 0.29) is 5.92 Å². The van der Waals surface area contributed by atoms with Crippen LogP contribution in [-0.4, -0.2) is 30.8 Å². The topological polar surface area (TPSA) is 20.3 Å². The second-order valence-corrected chi connectivity index (χ2v) is 2.60. The first-order valence-electron chi connectivity index (χ1n) is 3.92. The zero-order chi connectivity index (χ0) is 7.98. The monoisotopic (exact) mass is 143 g/mol. The SMILES string of the molecule is CCN(CC)CC(C)C=O. The van der Waals surface area contributed by atoms with Gasteiger partial charge in [-0.3, -0.25) is 0 Å². The molecule has 0 aliphatic rings. The van der Waals surface area contributed by atoms with Gasteiger partial charge in [-0.2, -0.15) is 0 Å². The van der Waals surface area contributed by atoms with Gasteiger partial charge in [0.05, 0.1) is 0 Å². The summed E-state index contributed by atoms with van der Waals surface area (Å²) in [6.07, 6.45) is 1.01. The van der Waals surface area contributed by atoms with Crippen molar-refractivity contribution in [2.75, 3.05) is 19.6 Å². The highest BCUT2D eigenvalue weighted by Crippen LogP contribution is 1.94. The summed E-state index contributed by atoms with van der Waals surface area (Å²) >= 11 is 0. The summed E-state index contributed by atoms with van der Waals surface area (Å²) in [6, 6.07) is 0. The molecule has 0 amide bonds. The van der Waals surface area contributed by atoms with Gasteiger partial charge in [0.25, 0.3) is 0 Å². The van der Waals surface area contributed by atoms with E-state index in [1.807, 2.05) is 6.92 Å². The molecule has 0 aromatic rings. The zero-order valence-electron chi connectivity index (χ0n) is 7.13. The number of hydrogen-bond acceptors (Lipinski definition) is 2. The Morgan fingerprint density at radius 3 is 2.20 bits per heavy atom. The fourth-order valence-corrected chi connectivity index (χ4v) is 0.932. The summed E-state index contributed by atoms with van der Waals surface area (Å²) in [6.45, 7) is 9.15. The van der Waals surface area contributed by atoms with E-state index in [1.165, 1.54) is 0 Å². The highest BCUT2D eigenvalue weighted by Gasteiger charge is 2.04. The van der Waals surface area contributed by atoms with Gasteiger partial charge in [0, 0.05) is 12.5 Å². The third-order valence-electron chi connectivity index (χ3n) is 1.67. The molecule has 10 heavy (non-hydrogen) atoms. The van der Waals surface area contributed by atoms with Crippen LogP contribution < -0.4 is 0 Å². The lowest BCUT2D eigenvalue weighted by atomic mass is 10.2. The Hall–Kier alpha value is -0.370. The summed E-state index contributed by atoms with van der Waals surface area (Å²) in [4.78, 5) is 12.5. The van der Waals surface area contributed by atoms with Crippen LogP contribution in [0.2, 0.25) is 0 Å². The van der Waals surface area contributed by atoms with Crippen molar-refractivity contribution in [3.05, 3.63) is 0 Å². The van der Waals surface area contributed by atoms with Gasteiger partial charge in [0.15, 0.2) is 0 Å². The molecule has 0 heterocycles. The average molecular weight is 143 g/mol. The molecule has 0 fully saturated rings. The van der Waals surface area contributed by atoms with E-state index in [4.69, 9.17) is 0 Å². The van der Waals surface area contributed by atoms with Gasteiger partial charge in [-0.25, -0.2) is 0 Å². The van der Waals surface area contributed by atoms with Crippen molar-refractivity contribution < 1.29 is 4.79 Å². The lowest BCUT2D eigenvalue weighted by molar-refractivity contribution is -0.111. The van der Waals surface area contributed by atoms with Crippen molar-refractivity contribution in [2.24, 2.45) is 5.92 Å². The quantitative estimate of drug-likeness (QED) is 0.538. The molecule has 0 aliphatic heterocycles. The molecule has 0 saturated carbocycles. The molecule has 0 aromatic heterocycles. The Bertz CT molecular complexity index is 89.3. The molecule has 0 saturated heterocycles. The Labute approximate surface area is 63.2 Å². The first kappa shape index (κ1) is 9.63. The van der Waals surface area contributed by atoms with E-state index < -0.39 is 0 Å². The van der Waals surface area contributed by atoms with Gasteiger partial charge in [0.2, 0.25) is 0 Å². The van der Waals surface area contributed by atoms with E-state index in [2.05, 4.69) is 18.7 Å². The zero-order valence-corrected chi connectivity index (χ0v) is 7.13. The minimum Gasteiger partial charge on any atom is -0.303 e. The maximum Gasteiger partial charge on any atom is 0.124 e. The standard InChI is InChI=1S/C8H17NO/c1-4-9(5-2)6-8(3)7-10/h7-8H,4-6H2,1-3H3. The van der Waals surface area contributed by atoms with E-state index >= 15 is 0 Å². The Morgan fingerprint density at radius 2 is 1.90 bits per heavy atom.